The highest BCUT2D eigenvalue weighted by Crippen LogP contribution is 2.28. The Labute approximate surface area is 153 Å². The molecule has 0 radical (unpaired) electrons. The predicted octanol–water partition coefficient (Wildman–Crippen LogP) is 4.62. The summed E-state index contributed by atoms with van der Waals surface area (Å²) in [6.07, 6.45) is 0.367. The van der Waals surface area contributed by atoms with Crippen LogP contribution in [-0.2, 0) is 6.42 Å². The predicted molar refractivity (Wildman–Crippen MR) is 94.8 cm³/mol. The Kier molecular flexibility index (Phi) is 4.95. The number of aromatic nitrogens is 1. The first-order valence-corrected chi connectivity index (χ1v) is 8.41. The molecule has 0 saturated heterocycles. The molecule has 1 amide bonds. The number of nitrogens with one attached hydrogen (secondary N) is 2. The van der Waals surface area contributed by atoms with Gasteiger partial charge in [0.15, 0.2) is 11.6 Å². The lowest BCUT2D eigenvalue weighted by molar-refractivity contribution is 0.0949. The number of amides is 1. The van der Waals surface area contributed by atoms with Crippen LogP contribution >= 0.6 is 0 Å². The van der Waals surface area contributed by atoms with Crippen molar-refractivity contribution in [2.24, 2.45) is 0 Å². The van der Waals surface area contributed by atoms with Gasteiger partial charge in [0.25, 0.3) is 5.91 Å². The van der Waals surface area contributed by atoms with Gasteiger partial charge in [0.2, 0.25) is 0 Å². The number of H-pyrrole nitrogens is 1. The fraction of sp³-hybridized carbons (Fsp3) is 0.250. The quantitative estimate of drug-likeness (QED) is 0.505. The van der Waals surface area contributed by atoms with Gasteiger partial charge >= 0.3 is 0 Å². The number of carbonyl (C=O) groups is 1. The lowest BCUT2D eigenvalue weighted by Crippen LogP contribution is -2.27. The summed E-state index contributed by atoms with van der Waals surface area (Å²) >= 11 is 0. The molecule has 0 bridgehead atoms. The second-order valence-corrected chi connectivity index (χ2v) is 6.51. The highest BCUT2D eigenvalue weighted by Gasteiger charge is 2.20. The maximum atomic E-state index is 14.0. The average Bonchev–Trinajstić information content (AvgIpc) is 2.97. The van der Waals surface area contributed by atoms with E-state index in [1.807, 2.05) is 6.92 Å². The fourth-order valence-electron chi connectivity index (χ4n) is 3.25. The van der Waals surface area contributed by atoms with Crippen LogP contribution in [0.1, 0.15) is 32.7 Å². The monoisotopic (exact) mass is 378 g/mol. The van der Waals surface area contributed by atoms with E-state index < -0.39 is 34.5 Å². The van der Waals surface area contributed by atoms with Gasteiger partial charge in [-0.2, -0.15) is 0 Å². The molecular formula is C20H18F4N2O. The molecular weight excluding hydrogens is 360 g/mol. The van der Waals surface area contributed by atoms with Crippen LogP contribution in [0.15, 0.2) is 18.2 Å². The van der Waals surface area contributed by atoms with Gasteiger partial charge < -0.3 is 10.3 Å². The molecule has 3 aromatic rings. The van der Waals surface area contributed by atoms with Crippen LogP contribution in [-0.4, -0.2) is 17.4 Å². The van der Waals surface area contributed by atoms with Crippen LogP contribution in [0.2, 0.25) is 0 Å². The van der Waals surface area contributed by atoms with E-state index in [1.165, 1.54) is 6.07 Å². The Hall–Kier alpha value is -2.83. The molecule has 2 aromatic carbocycles. The molecule has 1 aromatic heterocycles. The van der Waals surface area contributed by atoms with Crippen molar-refractivity contribution >= 4 is 16.8 Å². The highest BCUT2D eigenvalue weighted by atomic mass is 19.2. The van der Waals surface area contributed by atoms with Gasteiger partial charge in [-0.15, -0.1) is 0 Å². The Bertz CT molecular complexity index is 1060. The molecule has 0 spiro atoms. The van der Waals surface area contributed by atoms with Crippen LogP contribution in [0.3, 0.4) is 0 Å². The summed E-state index contributed by atoms with van der Waals surface area (Å²) < 4.78 is 54.9. The summed E-state index contributed by atoms with van der Waals surface area (Å²) in [7, 11) is 0. The summed E-state index contributed by atoms with van der Waals surface area (Å²) in [5.74, 6) is -4.88. The molecule has 0 aliphatic carbocycles. The molecule has 3 rings (SSSR count). The number of halogens is 4. The van der Waals surface area contributed by atoms with Gasteiger partial charge in [-0.05, 0) is 50.5 Å². The first-order valence-electron chi connectivity index (χ1n) is 8.41. The molecule has 0 atom stereocenters. The van der Waals surface area contributed by atoms with Gasteiger partial charge in [0.1, 0.15) is 11.6 Å². The number of rotatable bonds is 4. The first kappa shape index (κ1) is 18.9. The molecule has 1 heterocycles. The lowest BCUT2D eigenvalue weighted by atomic mass is 10.0. The van der Waals surface area contributed by atoms with E-state index in [-0.39, 0.29) is 12.4 Å². The Morgan fingerprint density at radius 1 is 1.04 bits per heavy atom. The maximum Gasteiger partial charge on any atom is 0.254 e. The van der Waals surface area contributed by atoms with Gasteiger partial charge in [-0.3, -0.25) is 4.79 Å². The van der Waals surface area contributed by atoms with Crippen molar-refractivity contribution in [2.75, 3.05) is 6.54 Å². The van der Waals surface area contributed by atoms with E-state index in [0.717, 1.165) is 29.1 Å². The average molecular weight is 378 g/mol. The molecule has 0 aliphatic rings. The molecule has 3 nitrogen and oxygen atoms in total. The van der Waals surface area contributed by atoms with Gasteiger partial charge in [-0.25, -0.2) is 17.6 Å². The van der Waals surface area contributed by atoms with Crippen molar-refractivity contribution < 1.29 is 22.4 Å². The molecule has 0 saturated carbocycles. The summed E-state index contributed by atoms with van der Waals surface area (Å²) in [5, 5.41) is 3.25. The van der Waals surface area contributed by atoms with E-state index in [4.69, 9.17) is 0 Å². The Balaban J connectivity index is 1.80. The van der Waals surface area contributed by atoms with Gasteiger partial charge in [-0.1, -0.05) is 6.07 Å². The number of benzene rings is 2. The third-order valence-corrected chi connectivity index (χ3v) is 4.71. The molecule has 0 unspecified atom stereocenters. The molecule has 7 heteroatoms. The molecule has 0 aliphatic heterocycles. The van der Waals surface area contributed by atoms with E-state index in [9.17, 15) is 22.4 Å². The first-order chi connectivity index (χ1) is 12.7. The summed E-state index contributed by atoms with van der Waals surface area (Å²) in [5.41, 5.74) is 1.80. The van der Waals surface area contributed by atoms with Gasteiger partial charge in [0.05, 0.1) is 11.1 Å². The largest absolute Gasteiger partial charge is 0.356 e. The van der Waals surface area contributed by atoms with Crippen molar-refractivity contribution in [1.29, 1.82) is 0 Å². The number of aryl methyl sites for hydroxylation is 2. The molecule has 0 fully saturated rings. The number of carbonyl (C=O) groups excluding carboxylic acids is 1. The Morgan fingerprint density at radius 2 is 1.74 bits per heavy atom. The van der Waals surface area contributed by atoms with Crippen molar-refractivity contribution in [3.05, 3.63) is 69.4 Å². The van der Waals surface area contributed by atoms with Crippen LogP contribution in [0.25, 0.3) is 10.9 Å². The van der Waals surface area contributed by atoms with Crippen LogP contribution < -0.4 is 5.32 Å². The zero-order valence-corrected chi connectivity index (χ0v) is 15.1. The summed E-state index contributed by atoms with van der Waals surface area (Å²) in [6, 6.07) is 3.60. The second kappa shape index (κ2) is 7.06. The highest BCUT2D eigenvalue weighted by molar-refractivity contribution is 5.95. The minimum absolute atomic E-state index is 0.125. The Morgan fingerprint density at radius 3 is 2.44 bits per heavy atom. The third kappa shape index (κ3) is 3.29. The van der Waals surface area contributed by atoms with E-state index in [0.29, 0.717) is 18.0 Å². The van der Waals surface area contributed by atoms with Gasteiger partial charge in [0, 0.05) is 23.2 Å². The van der Waals surface area contributed by atoms with Crippen molar-refractivity contribution in [3.63, 3.8) is 0 Å². The number of hydrogen-bond donors (Lipinski definition) is 2. The third-order valence-electron chi connectivity index (χ3n) is 4.71. The molecule has 142 valence electrons. The van der Waals surface area contributed by atoms with E-state index in [1.54, 1.807) is 13.0 Å². The van der Waals surface area contributed by atoms with Crippen LogP contribution in [0.5, 0.6) is 0 Å². The van der Waals surface area contributed by atoms with Crippen LogP contribution in [0.4, 0.5) is 17.6 Å². The number of aromatic amines is 1. The van der Waals surface area contributed by atoms with Crippen molar-refractivity contribution in [3.8, 4) is 0 Å². The maximum absolute atomic E-state index is 14.0. The summed E-state index contributed by atoms with van der Waals surface area (Å²) in [4.78, 5) is 15.2. The fourth-order valence-corrected chi connectivity index (χ4v) is 3.25. The zero-order valence-electron chi connectivity index (χ0n) is 15.1. The summed E-state index contributed by atoms with van der Waals surface area (Å²) in [6.45, 7) is 4.85. The van der Waals surface area contributed by atoms with E-state index in [2.05, 4.69) is 10.3 Å². The molecule has 2 N–H and O–H groups in total. The number of fused-ring (bicyclic) bond motifs is 1. The topological polar surface area (TPSA) is 44.9 Å². The van der Waals surface area contributed by atoms with Crippen LogP contribution in [0, 0.1) is 44.0 Å². The SMILES string of the molecule is Cc1[nH]c2c(F)ccc(C)c2c1CCNC(=O)c1cc(F)c(F)c(C)c1F. The smallest absolute Gasteiger partial charge is 0.254 e. The van der Waals surface area contributed by atoms with E-state index >= 15 is 0 Å². The minimum Gasteiger partial charge on any atom is -0.356 e. The van der Waals surface area contributed by atoms with Crippen molar-refractivity contribution in [2.45, 2.75) is 27.2 Å². The standard InChI is InChI=1S/C20H18F4N2O/c1-9-4-5-14(21)19-16(9)12(11(3)26-19)6-7-25-20(27)13-8-15(22)18(24)10(2)17(13)23/h4-5,8,26H,6-7H2,1-3H3,(H,25,27). The normalized spacial score (nSPS) is 11.2. The number of hydrogen-bond acceptors (Lipinski definition) is 1. The minimum atomic E-state index is -1.31. The molecule has 27 heavy (non-hydrogen) atoms. The zero-order chi connectivity index (χ0) is 19.9. The van der Waals surface area contributed by atoms with Crippen molar-refractivity contribution in [1.82, 2.24) is 10.3 Å². The second-order valence-electron chi connectivity index (χ2n) is 6.51. The lowest BCUT2D eigenvalue weighted by Gasteiger charge is -2.09.